The van der Waals surface area contributed by atoms with Crippen molar-refractivity contribution in [2.24, 2.45) is 5.73 Å². The molecule has 0 aliphatic carbocycles. The summed E-state index contributed by atoms with van der Waals surface area (Å²) < 4.78 is 32.2. The van der Waals surface area contributed by atoms with Gasteiger partial charge in [0, 0.05) is 0 Å². The maximum atomic E-state index is 10.8. The molecule has 3 heterocycles. The Morgan fingerprint density at radius 2 is 1.14 bits per heavy atom. The maximum absolute atomic E-state index is 10.8. The highest BCUT2D eigenvalue weighted by molar-refractivity contribution is 4.96. The Balaban J connectivity index is 1.76. The topological polar surface area (TPSA) is 263 Å². The smallest absolute Gasteiger partial charge is 0.188 e. The van der Waals surface area contributed by atoms with Gasteiger partial charge in [-0.2, -0.15) is 0 Å². The number of hydrogen-bond acceptors (Lipinski definition) is 16. The number of aliphatic hydroxyl groups is 9. The summed E-state index contributed by atoms with van der Waals surface area (Å²) in [5.41, 5.74) is 5.27. The van der Waals surface area contributed by atoms with Crippen molar-refractivity contribution in [2.45, 2.75) is 99.0 Å². The Labute approximate surface area is 199 Å². The summed E-state index contributed by atoms with van der Waals surface area (Å²) in [5, 5.41) is 91.5. The summed E-state index contributed by atoms with van der Waals surface area (Å²) in [6, 6.07) is 0. The van der Waals surface area contributed by atoms with Gasteiger partial charge >= 0.3 is 0 Å². The molecule has 0 aromatic heterocycles. The number of ether oxygens (including phenoxy) is 6. The Morgan fingerprint density at radius 1 is 0.600 bits per heavy atom. The van der Waals surface area contributed by atoms with E-state index in [1.54, 1.807) is 0 Å². The van der Waals surface area contributed by atoms with E-state index in [1.165, 1.54) is 6.92 Å². The van der Waals surface area contributed by atoms with E-state index < -0.39 is 105 Å². The Kier molecular flexibility index (Phi) is 10.1. The zero-order chi connectivity index (χ0) is 26.0. The number of nitrogens with two attached hydrogens (primary N) is 1. The van der Waals surface area contributed by atoms with Gasteiger partial charge in [0.1, 0.15) is 67.1 Å². The van der Waals surface area contributed by atoms with Crippen LogP contribution in [0.25, 0.3) is 0 Å². The molecule has 3 aliphatic heterocycles. The van der Waals surface area contributed by atoms with Crippen LogP contribution in [0.3, 0.4) is 0 Å². The molecule has 16 heteroatoms. The summed E-state index contributed by atoms with van der Waals surface area (Å²) in [7, 11) is 0. The van der Waals surface area contributed by atoms with Crippen LogP contribution in [0.2, 0.25) is 0 Å². The molecule has 0 amide bonds. The van der Waals surface area contributed by atoms with Crippen LogP contribution in [0.1, 0.15) is 6.92 Å². The highest BCUT2D eigenvalue weighted by atomic mass is 16.8. The Morgan fingerprint density at radius 3 is 1.74 bits per heavy atom. The van der Waals surface area contributed by atoms with Crippen LogP contribution in [0.15, 0.2) is 0 Å². The normalized spacial score (nSPS) is 51.3. The van der Waals surface area contributed by atoms with Gasteiger partial charge in [-0.05, 0) is 6.92 Å². The van der Waals surface area contributed by atoms with Gasteiger partial charge in [0.05, 0.1) is 26.0 Å². The molecular formula is C19H35NO15. The standard InChI is InChI=1S/C19H35NO15/c1-5-8(23)10(25)12(27)18(31-5)35-16-9(24)6(2-21)32-19(14(16)29)34-15-7(3-22)33-17(30-4-20)13(28)11(15)26/h5-19,21-29H,2-4,20H2,1H3/t5?,6?,7?,8-,9+,10-,11+,12?,13?,14?,15+,16-,17-,18-,19-/m0/s1. The van der Waals surface area contributed by atoms with Crippen LogP contribution in [-0.2, 0) is 28.4 Å². The minimum atomic E-state index is -1.83. The van der Waals surface area contributed by atoms with Crippen molar-refractivity contribution in [3.8, 4) is 0 Å². The van der Waals surface area contributed by atoms with E-state index in [4.69, 9.17) is 34.2 Å². The van der Waals surface area contributed by atoms with E-state index in [1.807, 2.05) is 0 Å². The summed E-state index contributed by atoms with van der Waals surface area (Å²) in [4.78, 5) is 0. The fraction of sp³-hybridized carbons (Fsp3) is 1.00. The highest BCUT2D eigenvalue weighted by Crippen LogP contribution is 2.32. The van der Waals surface area contributed by atoms with Crippen LogP contribution >= 0.6 is 0 Å². The molecule has 0 radical (unpaired) electrons. The van der Waals surface area contributed by atoms with E-state index in [9.17, 15) is 46.0 Å². The van der Waals surface area contributed by atoms with Gasteiger partial charge < -0.3 is 80.1 Å². The molecule has 206 valence electrons. The molecule has 3 fully saturated rings. The fourth-order valence-electron chi connectivity index (χ4n) is 4.22. The van der Waals surface area contributed by atoms with Crippen molar-refractivity contribution >= 4 is 0 Å². The second-order valence-corrected chi connectivity index (χ2v) is 8.63. The fourth-order valence-corrected chi connectivity index (χ4v) is 4.22. The maximum Gasteiger partial charge on any atom is 0.188 e. The zero-order valence-electron chi connectivity index (χ0n) is 18.8. The Hall–Kier alpha value is -0.640. The summed E-state index contributed by atoms with van der Waals surface area (Å²) in [6.07, 6.45) is -23.1. The van der Waals surface area contributed by atoms with Crippen molar-refractivity contribution in [3.05, 3.63) is 0 Å². The third-order valence-corrected chi connectivity index (χ3v) is 6.29. The van der Waals surface area contributed by atoms with Crippen LogP contribution in [0.4, 0.5) is 0 Å². The molecule has 0 bridgehead atoms. The lowest BCUT2D eigenvalue weighted by Gasteiger charge is -2.48. The predicted octanol–water partition coefficient (Wildman–Crippen LogP) is -6.60. The van der Waals surface area contributed by atoms with Crippen LogP contribution in [0.5, 0.6) is 0 Å². The third kappa shape index (κ3) is 5.93. The SMILES string of the molecule is CC1O[C@@H](O[C@@H]2C(O)[C@H](O[C@@H]3C(CO)O[C@H](OCN)C(O)[C@H]3O)OC(CO)[C@H]2O)C(O)[C@@H](O)[C@H]1O. The zero-order valence-corrected chi connectivity index (χ0v) is 18.8. The number of aliphatic hydroxyl groups excluding tert-OH is 9. The molecule has 16 nitrogen and oxygen atoms in total. The van der Waals surface area contributed by atoms with Gasteiger partial charge in [0.2, 0.25) is 0 Å². The second-order valence-electron chi connectivity index (χ2n) is 8.63. The number of rotatable bonds is 8. The van der Waals surface area contributed by atoms with Crippen molar-refractivity contribution < 1.29 is 74.4 Å². The molecule has 0 spiro atoms. The largest absolute Gasteiger partial charge is 0.394 e. The molecule has 11 N–H and O–H groups in total. The van der Waals surface area contributed by atoms with Gasteiger partial charge in [-0.1, -0.05) is 0 Å². The van der Waals surface area contributed by atoms with Crippen LogP contribution < -0.4 is 5.73 Å². The lowest BCUT2D eigenvalue weighted by Crippen LogP contribution is -2.66. The summed E-state index contributed by atoms with van der Waals surface area (Å²) >= 11 is 0. The van der Waals surface area contributed by atoms with Crippen LogP contribution in [-0.4, -0.2) is 158 Å². The average molecular weight is 517 g/mol. The lowest BCUT2D eigenvalue weighted by molar-refractivity contribution is -0.379. The number of hydrogen-bond donors (Lipinski definition) is 10. The van der Waals surface area contributed by atoms with Crippen molar-refractivity contribution in [1.29, 1.82) is 0 Å². The molecule has 3 saturated heterocycles. The van der Waals surface area contributed by atoms with E-state index >= 15 is 0 Å². The monoisotopic (exact) mass is 517 g/mol. The van der Waals surface area contributed by atoms with Crippen LogP contribution in [0, 0.1) is 0 Å². The predicted molar refractivity (Wildman–Crippen MR) is 108 cm³/mol. The van der Waals surface area contributed by atoms with E-state index in [-0.39, 0.29) is 6.73 Å². The molecule has 3 rings (SSSR count). The minimum absolute atomic E-state index is 0.350. The molecular weight excluding hydrogens is 482 g/mol. The van der Waals surface area contributed by atoms with Gasteiger partial charge in [0.15, 0.2) is 18.9 Å². The van der Waals surface area contributed by atoms with Crippen molar-refractivity contribution in [2.75, 3.05) is 19.9 Å². The second kappa shape index (κ2) is 12.3. The van der Waals surface area contributed by atoms with Gasteiger partial charge in [-0.25, -0.2) is 0 Å². The van der Waals surface area contributed by atoms with Crippen molar-refractivity contribution in [3.63, 3.8) is 0 Å². The first kappa shape index (κ1) is 28.9. The third-order valence-electron chi connectivity index (χ3n) is 6.29. The van der Waals surface area contributed by atoms with E-state index in [0.717, 1.165) is 0 Å². The molecule has 3 aliphatic rings. The average Bonchev–Trinajstić information content (AvgIpc) is 2.84. The quantitative estimate of drug-likeness (QED) is 0.134. The summed E-state index contributed by atoms with van der Waals surface area (Å²) in [5.74, 6) is 0. The summed E-state index contributed by atoms with van der Waals surface area (Å²) in [6.45, 7) is -0.408. The molecule has 0 saturated carbocycles. The first-order valence-electron chi connectivity index (χ1n) is 11.1. The van der Waals surface area contributed by atoms with Crippen molar-refractivity contribution in [1.82, 2.24) is 0 Å². The molecule has 6 unspecified atom stereocenters. The van der Waals surface area contributed by atoms with E-state index in [2.05, 4.69) is 0 Å². The van der Waals surface area contributed by atoms with Gasteiger partial charge in [0.25, 0.3) is 0 Å². The lowest BCUT2D eigenvalue weighted by atomic mass is 9.96. The van der Waals surface area contributed by atoms with Gasteiger partial charge in [-0.3, -0.25) is 0 Å². The minimum Gasteiger partial charge on any atom is -0.394 e. The first-order valence-corrected chi connectivity index (χ1v) is 11.1. The molecule has 0 aromatic rings. The first-order chi connectivity index (χ1) is 16.5. The molecule has 15 atom stereocenters. The molecule has 35 heavy (non-hydrogen) atoms. The van der Waals surface area contributed by atoms with E-state index in [0.29, 0.717) is 0 Å². The highest BCUT2D eigenvalue weighted by Gasteiger charge is 2.53. The molecule has 0 aromatic carbocycles. The van der Waals surface area contributed by atoms with Gasteiger partial charge in [-0.15, -0.1) is 0 Å². The Bertz CT molecular complexity index is 660.